The van der Waals surface area contributed by atoms with Gasteiger partial charge in [-0.1, -0.05) is 200 Å². The average molecular weight is 870 g/mol. The van der Waals surface area contributed by atoms with Crippen LogP contribution in [0.3, 0.4) is 0 Å². The van der Waals surface area contributed by atoms with E-state index in [-0.39, 0.29) is 12.0 Å². The summed E-state index contributed by atoms with van der Waals surface area (Å²) in [6.07, 6.45) is 16.7. The monoisotopic (exact) mass is 869 g/mol. The van der Waals surface area contributed by atoms with E-state index in [2.05, 4.69) is 235 Å². The third-order valence-corrected chi connectivity index (χ3v) is 15.6. The maximum Gasteiger partial charge on any atom is 0.160 e. The Morgan fingerprint density at radius 1 is 0.412 bits per heavy atom. The molecule has 1 spiro atoms. The highest BCUT2D eigenvalue weighted by molar-refractivity contribution is 5.93. The van der Waals surface area contributed by atoms with E-state index in [0.29, 0.717) is 12.0 Å². The van der Waals surface area contributed by atoms with Gasteiger partial charge in [0.2, 0.25) is 0 Å². The summed E-state index contributed by atoms with van der Waals surface area (Å²) in [6.45, 7) is 0. The van der Waals surface area contributed by atoms with Crippen LogP contribution in [0.15, 0.2) is 237 Å². The van der Waals surface area contributed by atoms with Crippen molar-refractivity contribution in [3.05, 3.63) is 259 Å². The number of benzene rings is 8. The molecular formula is C65H47N3. The molecule has 0 radical (unpaired) electrons. The molecule has 3 aliphatic carbocycles. The van der Waals surface area contributed by atoms with Crippen molar-refractivity contribution < 1.29 is 0 Å². The van der Waals surface area contributed by atoms with Gasteiger partial charge in [-0.3, -0.25) is 0 Å². The number of rotatable bonds is 6. The van der Waals surface area contributed by atoms with Crippen molar-refractivity contribution in [3.63, 3.8) is 0 Å². The summed E-state index contributed by atoms with van der Waals surface area (Å²) >= 11 is 0. The van der Waals surface area contributed by atoms with Gasteiger partial charge in [0.05, 0.1) is 22.8 Å². The van der Waals surface area contributed by atoms with Crippen LogP contribution in [0.25, 0.3) is 78.4 Å². The maximum atomic E-state index is 5.36. The van der Waals surface area contributed by atoms with Crippen LogP contribution in [0.4, 0.5) is 5.69 Å². The molecule has 0 saturated carbocycles. The van der Waals surface area contributed by atoms with Crippen molar-refractivity contribution in [1.29, 1.82) is 0 Å². The molecule has 2 aliphatic heterocycles. The SMILES string of the molecule is C1=CC2C(C=C1)C1(c3ccc(-c4cc(-c5ccccc5)cc(-c5ccccc5)c4)cc3-c3cc(-c4cc(-c5ccccc5)nc(-c5ccccc5)n4)ccc31)c1cccc3c1N2C1CC=CCC31. The Bertz CT molecular complexity index is 3240. The average Bonchev–Trinajstić information content (AvgIpc) is 3.91. The molecule has 5 aliphatic rings. The second-order valence-corrected chi connectivity index (χ2v) is 19.1. The lowest BCUT2D eigenvalue weighted by Crippen LogP contribution is -2.56. The van der Waals surface area contributed by atoms with Gasteiger partial charge in [-0.15, -0.1) is 0 Å². The highest BCUT2D eigenvalue weighted by atomic mass is 15.2. The number of hydrogen-bond donors (Lipinski definition) is 0. The van der Waals surface area contributed by atoms with Gasteiger partial charge >= 0.3 is 0 Å². The van der Waals surface area contributed by atoms with Crippen LogP contribution in [-0.4, -0.2) is 22.1 Å². The first-order valence-electron chi connectivity index (χ1n) is 24.2. The first kappa shape index (κ1) is 39.1. The molecule has 14 rings (SSSR count). The summed E-state index contributed by atoms with van der Waals surface area (Å²) in [6, 6.07) is 74.4. The fourth-order valence-electron chi connectivity index (χ4n) is 12.7. The molecule has 0 amide bonds. The van der Waals surface area contributed by atoms with E-state index >= 15 is 0 Å². The lowest BCUT2D eigenvalue weighted by atomic mass is 9.58. The zero-order chi connectivity index (χ0) is 44.8. The van der Waals surface area contributed by atoms with Gasteiger partial charge in [-0.05, 0) is 116 Å². The van der Waals surface area contributed by atoms with Gasteiger partial charge in [0.25, 0.3) is 0 Å². The van der Waals surface area contributed by atoms with Crippen LogP contribution in [0, 0.1) is 5.92 Å². The van der Waals surface area contributed by atoms with Crippen LogP contribution in [-0.2, 0) is 5.41 Å². The summed E-state index contributed by atoms with van der Waals surface area (Å²) in [5.41, 5.74) is 21.5. The van der Waals surface area contributed by atoms with Crippen molar-refractivity contribution >= 4 is 5.69 Å². The number of hydrogen-bond acceptors (Lipinski definition) is 3. The van der Waals surface area contributed by atoms with Crippen LogP contribution in [0.1, 0.15) is 41.0 Å². The van der Waals surface area contributed by atoms with E-state index in [1.807, 2.05) is 6.07 Å². The molecule has 0 N–H and O–H groups in total. The van der Waals surface area contributed by atoms with Gasteiger partial charge in [-0.2, -0.15) is 0 Å². The second kappa shape index (κ2) is 15.5. The fourth-order valence-corrected chi connectivity index (χ4v) is 12.7. The minimum absolute atomic E-state index is 0.177. The fraction of sp³-hybridized carbons (Fsp3) is 0.108. The van der Waals surface area contributed by atoms with Crippen molar-refractivity contribution in [3.8, 4) is 78.4 Å². The van der Waals surface area contributed by atoms with Gasteiger partial charge in [-0.25, -0.2) is 9.97 Å². The Labute approximate surface area is 398 Å². The Morgan fingerprint density at radius 2 is 0.956 bits per heavy atom. The van der Waals surface area contributed by atoms with Crippen molar-refractivity contribution in [2.45, 2.75) is 36.3 Å². The molecule has 322 valence electrons. The smallest absolute Gasteiger partial charge is 0.160 e. The molecule has 5 unspecified atom stereocenters. The van der Waals surface area contributed by atoms with Crippen LogP contribution < -0.4 is 4.90 Å². The first-order chi connectivity index (χ1) is 33.7. The molecule has 3 heterocycles. The first-order valence-corrected chi connectivity index (χ1v) is 24.2. The Morgan fingerprint density at radius 3 is 1.62 bits per heavy atom. The predicted molar refractivity (Wildman–Crippen MR) is 279 cm³/mol. The predicted octanol–water partition coefficient (Wildman–Crippen LogP) is 15.5. The normalized spacial score (nSPS) is 21.0. The molecular weight excluding hydrogens is 823 g/mol. The van der Waals surface area contributed by atoms with Crippen LogP contribution >= 0.6 is 0 Å². The molecule has 1 aromatic heterocycles. The third kappa shape index (κ3) is 5.91. The molecule has 0 saturated heterocycles. The molecule has 9 aromatic rings. The number of aromatic nitrogens is 2. The summed E-state index contributed by atoms with van der Waals surface area (Å²) in [4.78, 5) is 13.4. The van der Waals surface area contributed by atoms with E-state index in [0.717, 1.165) is 46.7 Å². The molecule has 3 nitrogen and oxygen atoms in total. The van der Waals surface area contributed by atoms with Gasteiger partial charge in [0, 0.05) is 40.3 Å². The molecule has 3 heteroatoms. The Balaban J connectivity index is 1.02. The highest BCUT2D eigenvalue weighted by Crippen LogP contribution is 2.66. The minimum Gasteiger partial charge on any atom is -0.360 e. The van der Waals surface area contributed by atoms with Crippen molar-refractivity contribution in [2.24, 2.45) is 5.92 Å². The summed E-state index contributed by atoms with van der Waals surface area (Å²) < 4.78 is 0. The van der Waals surface area contributed by atoms with Crippen molar-refractivity contribution in [2.75, 3.05) is 4.90 Å². The van der Waals surface area contributed by atoms with Crippen LogP contribution in [0.5, 0.6) is 0 Å². The quantitative estimate of drug-likeness (QED) is 0.156. The third-order valence-electron chi connectivity index (χ3n) is 15.6. The number of nitrogens with zero attached hydrogens (tertiary/aromatic N) is 3. The molecule has 8 aromatic carbocycles. The molecule has 5 atom stereocenters. The molecule has 0 bridgehead atoms. The van der Waals surface area contributed by atoms with Gasteiger partial charge < -0.3 is 4.90 Å². The number of allylic oxidation sites excluding steroid dienone is 3. The van der Waals surface area contributed by atoms with Crippen molar-refractivity contribution in [1.82, 2.24) is 9.97 Å². The number of para-hydroxylation sites is 1. The largest absolute Gasteiger partial charge is 0.360 e. The lowest BCUT2D eigenvalue weighted by Gasteiger charge is -2.53. The topological polar surface area (TPSA) is 29.0 Å². The van der Waals surface area contributed by atoms with E-state index in [9.17, 15) is 0 Å². The maximum absolute atomic E-state index is 5.36. The lowest BCUT2D eigenvalue weighted by molar-refractivity contribution is 0.351. The van der Waals surface area contributed by atoms with Crippen LogP contribution in [0.2, 0.25) is 0 Å². The number of fused-ring (bicyclic) bond motifs is 12. The van der Waals surface area contributed by atoms with E-state index in [1.54, 1.807) is 0 Å². The minimum atomic E-state index is -0.423. The van der Waals surface area contributed by atoms with Gasteiger partial charge in [0.1, 0.15) is 0 Å². The van der Waals surface area contributed by atoms with E-state index < -0.39 is 5.41 Å². The van der Waals surface area contributed by atoms with Gasteiger partial charge in [0.15, 0.2) is 5.82 Å². The standard InChI is InChI=1S/C65H47N3/c1-5-18-42(19-6-1)48-36-49(43-20-7-2-8-21-43)38-50(37-48)46-32-34-55-53(39-46)54-40-47(60-41-59(44-22-9-3-10-23-44)66-64(67-60)45-24-11-4-12-25-45)33-35-56(54)65(55)57-28-14-16-31-62(57)68-61-30-15-13-26-51(61)52-27-17-29-58(65)63(52)68/h1-25,27-29,31-41,51,57,61-62H,26,30H2. The van der Waals surface area contributed by atoms with E-state index in [1.165, 1.54) is 72.4 Å². The second-order valence-electron chi connectivity index (χ2n) is 19.1. The number of anilines is 1. The summed E-state index contributed by atoms with van der Waals surface area (Å²) in [7, 11) is 0. The summed E-state index contributed by atoms with van der Waals surface area (Å²) in [5, 5.41) is 0. The molecule has 0 fully saturated rings. The zero-order valence-corrected chi connectivity index (χ0v) is 37.6. The summed E-state index contributed by atoms with van der Waals surface area (Å²) in [5.74, 6) is 1.39. The molecule has 68 heavy (non-hydrogen) atoms. The Hall–Kier alpha value is -8.14. The zero-order valence-electron chi connectivity index (χ0n) is 37.6. The Kier molecular flexibility index (Phi) is 8.89. The van der Waals surface area contributed by atoms with E-state index in [4.69, 9.17) is 9.97 Å². The highest BCUT2D eigenvalue weighted by Gasteiger charge is 2.60.